The lowest BCUT2D eigenvalue weighted by molar-refractivity contribution is -0.0891. The zero-order chi connectivity index (χ0) is 27.2. The Hall–Kier alpha value is -2.55. The van der Waals surface area contributed by atoms with Gasteiger partial charge in [-0.05, 0) is 69.9 Å². The van der Waals surface area contributed by atoms with E-state index in [4.69, 9.17) is 9.47 Å². The van der Waals surface area contributed by atoms with Crippen molar-refractivity contribution in [2.24, 2.45) is 5.92 Å². The fraction of sp³-hybridized carbons (Fsp3) is 0.645. The first-order valence-corrected chi connectivity index (χ1v) is 14.8. The third-order valence-corrected chi connectivity index (χ3v) is 9.32. The van der Waals surface area contributed by atoms with Crippen LogP contribution in [0.4, 0.5) is 5.82 Å². The number of ether oxygens (including phenoxy) is 2. The van der Waals surface area contributed by atoms with Crippen LogP contribution in [-0.2, 0) is 9.47 Å². The van der Waals surface area contributed by atoms with Gasteiger partial charge in [-0.25, -0.2) is 9.97 Å². The van der Waals surface area contributed by atoms with Gasteiger partial charge in [-0.15, -0.1) is 0 Å². The van der Waals surface area contributed by atoms with Crippen LogP contribution in [0.2, 0.25) is 0 Å². The number of likely N-dealkylation sites (N-methyl/N-ethyl adjacent to an activating group) is 1. The van der Waals surface area contributed by atoms with Gasteiger partial charge in [-0.1, -0.05) is 36.8 Å². The van der Waals surface area contributed by atoms with Crippen molar-refractivity contribution in [2.45, 2.75) is 76.0 Å². The van der Waals surface area contributed by atoms with Gasteiger partial charge in [0.1, 0.15) is 17.8 Å². The molecule has 212 valence electrons. The lowest BCUT2D eigenvalue weighted by Crippen LogP contribution is -2.54. The van der Waals surface area contributed by atoms with Crippen molar-refractivity contribution in [2.75, 3.05) is 52.3 Å². The van der Waals surface area contributed by atoms with Crippen molar-refractivity contribution in [1.29, 1.82) is 0 Å². The first-order chi connectivity index (χ1) is 19.0. The quantitative estimate of drug-likeness (QED) is 0.533. The van der Waals surface area contributed by atoms with Crippen molar-refractivity contribution >= 4 is 11.7 Å². The maximum atomic E-state index is 13.5. The van der Waals surface area contributed by atoms with Crippen LogP contribution in [0.1, 0.15) is 72.5 Å². The summed E-state index contributed by atoms with van der Waals surface area (Å²) in [4.78, 5) is 26.9. The number of carbonyl (C=O) groups is 1. The second-order valence-corrected chi connectivity index (χ2v) is 11.6. The van der Waals surface area contributed by atoms with Crippen LogP contribution in [0.15, 0.2) is 36.7 Å². The van der Waals surface area contributed by atoms with E-state index < -0.39 is 0 Å². The number of hydrogen-bond acceptors (Lipinski definition) is 7. The number of carbonyl (C=O) groups excluding carboxylic acids is 1. The molecule has 2 aliphatic heterocycles. The van der Waals surface area contributed by atoms with E-state index >= 15 is 0 Å². The second kappa shape index (κ2) is 13.2. The van der Waals surface area contributed by atoms with E-state index in [-0.39, 0.29) is 12.0 Å². The van der Waals surface area contributed by atoms with Gasteiger partial charge in [0.15, 0.2) is 0 Å². The van der Waals surface area contributed by atoms with Gasteiger partial charge in [0.05, 0.1) is 12.7 Å². The Morgan fingerprint density at radius 3 is 2.69 bits per heavy atom. The zero-order valence-corrected chi connectivity index (χ0v) is 23.8. The molecule has 0 bridgehead atoms. The normalized spacial score (nSPS) is 26.5. The Bertz CT molecular complexity index is 1080. The van der Waals surface area contributed by atoms with E-state index in [0.29, 0.717) is 36.2 Å². The fourth-order valence-corrected chi connectivity index (χ4v) is 6.88. The average molecular weight is 536 g/mol. The number of nitrogens with one attached hydrogen (secondary N) is 1. The van der Waals surface area contributed by atoms with Crippen LogP contribution in [0.5, 0.6) is 0 Å². The minimum atomic E-state index is 0.0155. The fourth-order valence-electron chi connectivity index (χ4n) is 6.88. The van der Waals surface area contributed by atoms with Crippen LogP contribution in [-0.4, -0.2) is 90.9 Å². The van der Waals surface area contributed by atoms with Crippen molar-refractivity contribution in [1.82, 2.24) is 19.8 Å². The summed E-state index contributed by atoms with van der Waals surface area (Å²) < 4.78 is 11.3. The average Bonchev–Trinajstić information content (AvgIpc) is 3.00. The summed E-state index contributed by atoms with van der Waals surface area (Å²) in [7, 11) is 3.97. The number of methoxy groups -OCH3 is 1. The molecule has 0 radical (unpaired) electrons. The van der Waals surface area contributed by atoms with Gasteiger partial charge < -0.3 is 19.7 Å². The number of amides is 1. The molecule has 1 aromatic carbocycles. The second-order valence-electron chi connectivity index (χ2n) is 11.6. The number of anilines is 1. The van der Waals surface area contributed by atoms with Crippen LogP contribution in [0.3, 0.4) is 0 Å². The van der Waals surface area contributed by atoms with E-state index in [1.165, 1.54) is 37.6 Å². The van der Waals surface area contributed by atoms with E-state index in [9.17, 15) is 4.79 Å². The SMILES string of the molecule is COC1COCCC1N(C)C1CCN(C(=O)c2ncnc(NCC3CCCC(c4ccccc4)C3)c2C)CC1. The highest BCUT2D eigenvalue weighted by atomic mass is 16.5. The Balaban J connectivity index is 1.15. The highest BCUT2D eigenvalue weighted by molar-refractivity contribution is 5.94. The number of benzene rings is 1. The molecule has 1 N–H and O–H groups in total. The van der Waals surface area contributed by atoms with Gasteiger partial charge in [0, 0.05) is 51.0 Å². The van der Waals surface area contributed by atoms with Crippen molar-refractivity contribution < 1.29 is 14.3 Å². The molecule has 8 heteroatoms. The molecule has 1 aromatic heterocycles. The summed E-state index contributed by atoms with van der Waals surface area (Å²) in [6.07, 6.45) is 9.47. The molecule has 1 saturated carbocycles. The summed E-state index contributed by atoms with van der Waals surface area (Å²) >= 11 is 0. The van der Waals surface area contributed by atoms with Crippen molar-refractivity contribution in [3.8, 4) is 0 Å². The van der Waals surface area contributed by atoms with Crippen LogP contribution in [0, 0.1) is 12.8 Å². The zero-order valence-electron chi connectivity index (χ0n) is 23.8. The van der Waals surface area contributed by atoms with Gasteiger partial charge in [0.25, 0.3) is 5.91 Å². The molecule has 3 heterocycles. The Labute approximate surface area is 233 Å². The minimum absolute atomic E-state index is 0.0155. The lowest BCUT2D eigenvalue weighted by atomic mass is 9.78. The Kier molecular flexibility index (Phi) is 9.48. The summed E-state index contributed by atoms with van der Waals surface area (Å²) in [6.45, 7) is 5.76. The van der Waals surface area contributed by atoms with Gasteiger partial charge in [0.2, 0.25) is 0 Å². The molecule has 4 atom stereocenters. The summed E-state index contributed by atoms with van der Waals surface area (Å²) in [5.41, 5.74) is 2.82. The van der Waals surface area contributed by atoms with E-state index in [0.717, 1.165) is 56.9 Å². The molecule has 8 nitrogen and oxygen atoms in total. The number of piperidine rings is 1. The van der Waals surface area contributed by atoms with Gasteiger partial charge >= 0.3 is 0 Å². The topological polar surface area (TPSA) is 79.8 Å². The van der Waals surface area contributed by atoms with E-state index in [1.54, 1.807) is 7.11 Å². The number of hydrogen-bond donors (Lipinski definition) is 1. The summed E-state index contributed by atoms with van der Waals surface area (Å²) in [6, 6.07) is 11.7. The van der Waals surface area contributed by atoms with Gasteiger partial charge in [-0.3, -0.25) is 9.69 Å². The number of aromatic nitrogens is 2. The molecule has 1 aliphatic carbocycles. The number of rotatable bonds is 8. The largest absolute Gasteiger partial charge is 0.379 e. The molecule has 3 fully saturated rings. The molecular formula is C31H45N5O3. The third kappa shape index (κ3) is 6.61. The Morgan fingerprint density at radius 1 is 1.13 bits per heavy atom. The van der Waals surface area contributed by atoms with E-state index in [1.807, 2.05) is 11.8 Å². The van der Waals surface area contributed by atoms with Gasteiger partial charge in [-0.2, -0.15) is 0 Å². The molecule has 1 amide bonds. The molecular weight excluding hydrogens is 490 g/mol. The lowest BCUT2D eigenvalue weighted by Gasteiger charge is -2.44. The molecule has 3 aliphatic rings. The summed E-state index contributed by atoms with van der Waals surface area (Å²) in [5.74, 6) is 2.03. The molecule has 0 spiro atoms. The maximum Gasteiger partial charge on any atom is 0.272 e. The monoisotopic (exact) mass is 535 g/mol. The summed E-state index contributed by atoms with van der Waals surface area (Å²) in [5, 5.41) is 3.57. The van der Waals surface area contributed by atoms with Crippen LogP contribution < -0.4 is 5.32 Å². The van der Waals surface area contributed by atoms with Crippen molar-refractivity contribution in [3.05, 3.63) is 53.5 Å². The highest BCUT2D eigenvalue weighted by Crippen LogP contribution is 2.36. The predicted octanol–water partition coefficient (Wildman–Crippen LogP) is 4.51. The molecule has 39 heavy (non-hydrogen) atoms. The number of likely N-dealkylation sites (tertiary alicyclic amines) is 1. The smallest absolute Gasteiger partial charge is 0.272 e. The minimum Gasteiger partial charge on any atom is -0.379 e. The number of nitrogens with zero attached hydrogens (tertiary/aromatic N) is 4. The first kappa shape index (κ1) is 28.0. The Morgan fingerprint density at radius 2 is 1.92 bits per heavy atom. The third-order valence-electron chi connectivity index (χ3n) is 9.32. The van der Waals surface area contributed by atoms with Crippen LogP contribution in [0.25, 0.3) is 0 Å². The standard InChI is InChI=1S/C31H45N5O3/c1-22-29(31(37)36-15-12-26(13-16-36)35(2)27-14-17-39-20-28(27)38-3)33-21-34-30(22)32-19-23-8-7-11-25(18-23)24-9-5-4-6-10-24/h4-6,9-10,21,23,25-28H,7-8,11-20H2,1-3H3,(H,32,33,34). The molecule has 2 saturated heterocycles. The first-order valence-electron chi connectivity index (χ1n) is 14.8. The molecule has 4 unspecified atom stereocenters. The maximum absolute atomic E-state index is 13.5. The predicted molar refractivity (Wildman–Crippen MR) is 153 cm³/mol. The molecule has 2 aromatic rings. The van der Waals surface area contributed by atoms with Crippen LogP contribution >= 0.6 is 0 Å². The van der Waals surface area contributed by atoms with E-state index in [2.05, 4.69) is 57.6 Å². The highest BCUT2D eigenvalue weighted by Gasteiger charge is 2.35. The van der Waals surface area contributed by atoms with Crippen molar-refractivity contribution in [3.63, 3.8) is 0 Å². The molecule has 5 rings (SSSR count).